The number of para-hydroxylation sites is 1. The van der Waals surface area contributed by atoms with Gasteiger partial charge >= 0.3 is 0 Å². The second kappa shape index (κ2) is 6.12. The van der Waals surface area contributed by atoms with E-state index in [1.54, 1.807) is 23.1 Å². The van der Waals surface area contributed by atoms with E-state index in [4.69, 9.17) is 0 Å². The van der Waals surface area contributed by atoms with Gasteiger partial charge in [0.25, 0.3) is 5.91 Å². The zero-order chi connectivity index (χ0) is 17.2. The van der Waals surface area contributed by atoms with Gasteiger partial charge in [0.15, 0.2) is 0 Å². The molecule has 0 spiro atoms. The molecule has 2 heterocycles. The van der Waals surface area contributed by atoms with Crippen molar-refractivity contribution in [3.8, 4) is 5.69 Å². The number of aromatic nitrogens is 5. The van der Waals surface area contributed by atoms with Crippen LogP contribution in [0.4, 0.5) is 5.69 Å². The minimum absolute atomic E-state index is 0.263. The molecule has 2 aromatic carbocycles. The van der Waals surface area contributed by atoms with Crippen molar-refractivity contribution in [2.24, 2.45) is 0 Å². The van der Waals surface area contributed by atoms with Crippen LogP contribution in [0.15, 0.2) is 60.9 Å². The predicted octanol–water partition coefficient (Wildman–Crippen LogP) is 2.77. The van der Waals surface area contributed by atoms with Gasteiger partial charge in [0, 0.05) is 11.9 Å². The van der Waals surface area contributed by atoms with Crippen LogP contribution in [0.5, 0.6) is 0 Å². The van der Waals surface area contributed by atoms with Crippen LogP contribution in [0.2, 0.25) is 0 Å². The van der Waals surface area contributed by atoms with Crippen molar-refractivity contribution in [2.75, 3.05) is 5.32 Å². The lowest BCUT2D eigenvalue weighted by molar-refractivity contribution is 0.102. The van der Waals surface area contributed by atoms with E-state index in [9.17, 15) is 4.79 Å². The first kappa shape index (κ1) is 14.9. The molecule has 4 rings (SSSR count). The third kappa shape index (κ3) is 3.07. The van der Waals surface area contributed by atoms with Gasteiger partial charge in [-0.2, -0.15) is 4.80 Å². The van der Waals surface area contributed by atoms with Gasteiger partial charge in [-0.1, -0.05) is 18.2 Å². The summed E-state index contributed by atoms with van der Waals surface area (Å²) in [6.07, 6.45) is 3.01. The van der Waals surface area contributed by atoms with Crippen molar-refractivity contribution in [1.29, 1.82) is 0 Å². The number of hydrogen-bond donors (Lipinski definition) is 1. The van der Waals surface area contributed by atoms with E-state index < -0.39 is 0 Å². The first-order valence-electron chi connectivity index (χ1n) is 7.71. The number of rotatable bonds is 3. The van der Waals surface area contributed by atoms with E-state index in [-0.39, 0.29) is 11.6 Å². The number of carbonyl (C=O) groups is 1. The molecule has 0 aliphatic carbocycles. The standard InChI is InChI=1S/C18H14N6O/c1-12-10-20-17(11-19-12)18(25)21-13-7-8-15-16(9-13)23-24(22-15)14-5-3-2-4-6-14/h2-11H,1H3,(H,21,25). The van der Waals surface area contributed by atoms with E-state index in [0.29, 0.717) is 11.2 Å². The quantitative estimate of drug-likeness (QED) is 0.624. The van der Waals surface area contributed by atoms with E-state index in [1.807, 2.05) is 43.3 Å². The Morgan fingerprint density at radius 2 is 1.76 bits per heavy atom. The molecule has 1 amide bonds. The van der Waals surface area contributed by atoms with Gasteiger partial charge in [-0.05, 0) is 37.3 Å². The highest BCUT2D eigenvalue weighted by atomic mass is 16.1. The molecule has 0 aliphatic heterocycles. The summed E-state index contributed by atoms with van der Waals surface area (Å²) < 4.78 is 0. The number of hydrogen-bond acceptors (Lipinski definition) is 5. The monoisotopic (exact) mass is 330 g/mol. The molecule has 122 valence electrons. The smallest absolute Gasteiger partial charge is 0.275 e. The minimum atomic E-state index is -0.317. The first-order chi connectivity index (χ1) is 12.2. The Morgan fingerprint density at radius 3 is 2.52 bits per heavy atom. The summed E-state index contributed by atoms with van der Waals surface area (Å²) in [5.74, 6) is -0.317. The maximum Gasteiger partial charge on any atom is 0.275 e. The number of nitrogens with zero attached hydrogens (tertiary/aromatic N) is 5. The molecule has 4 aromatic rings. The molecule has 0 unspecified atom stereocenters. The molecule has 2 aromatic heterocycles. The van der Waals surface area contributed by atoms with E-state index in [2.05, 4.69) is 25.5 Å². The van der Waals surface area contributed by atoms with Gasteiger partial charge in [0.05, 0.1) is 17.6 Å². The highest BCUT2D eigenvalue weighted by Crippen LogP contribution is 2.18. The molecule has 1 N–H and O–H groups in total. The number of nitrogens with one attached hydrogen (secondary N) is 1. The molecule has 0 atom stereocenters. The number of carbonyl (C=O) groups excluding carboxylic acids is 1. The Morgan fingerprint density at radius 1 is 0.960 bits per heavy atom. The lowest BCUT2D eigenvalue weighted by atomic mass is 10.2. The molecular weight excluding hydrogens is 316 g/mol. The van der Waals surface area contributed by atoms with Crippen LogP contribution in [0, 0.1) is 6.92 Å². The molecule has 0 saturated heterocycles. The van der Waals surface area contributed by atoms with Crippen LogP contribution in [0.3, 0.4) is 0 Å². The van der Waals surface area contributed by atoms with Gasteiger partial charge in [-0.25, -0.2) is 4.98 Å². The predicted molar refractivity (Wildman–Crippen MR) is 93.6 cm³/mol. The Balaban J connectivity index is 1.61. The van der Waals surface area contributed by atoms with Crippen molar-refractivity contribution in [3.05, 3.63) is 72.3 Å². The van der Waals surface area contributed by atoms with Crippen molar-refractivity contribution in [2.45, 2.75) is 6.92 Å². The molecular formula is C18H14N6O. The van der Waals surface area contributed by atoms with Gasteiger partial charge in [0.1, 0.15) is 16.7 Å². The maximum atomic E-state index is 12.2. The number of benzene rings is 2. The number of anilines is 1. The van der Waals surface area contributed by atoms with Crippen molar-refractivity contribution < 1.29 is 4.79 Å². The normalized spacial score (nSPS) is 10.8. The molecule has 0 saturated carbocycles. The van der Waals surface area contributed by atoms with Crippen LogP contribution < -0.4 is 5.32 Å². The molecule has 0 bridgehead atoms. The Kier molecular flexibility index (Phi) is 3.66. The third-order valence-corrected chi connectivity index (χ3v) is 3.64. The van der Waals surface area contributed by atoms with Gasteiger partial charge in [0.2, 0.25) is 0 Å². The van der Waals surface area contributed by atoms with E-state index >= 15 is 0 Å². The summed E-state index contributed by atoms with van der Waals surface area (Å²) in [5.41, 5.74) is 3.96. The summed E-state index contributed by atoms with van der Waals surface area (Å²) in [6, 6.07) is 15.0. The summed E-state index contributed by atoms with van der Waals surface area (Å²) in [4.78, 5) is 22.0. The first-order valence-corrected chi connectivity index (χ1v) is 7.71. The lowest BCUT2D eigenvalue weighted by Crippen LogP contribution is -2.14. The summed E-state index contributed by atoms with van der Waals surface area (Å²) >= 11 is 0. The Labute approximate surface area is 143 Å². The Hall–Kier alpha value is -3.61. The van der Waals surface area contributed by atoms with Crippen LogP contribution in [-0.2, 0) is 0 Å². The Bertz CT molecular complexity index is 1040. The highest BCUT2D eigenvalue weighted by molar-refractivity contribution is 6.03. The second-order valence-electron chi connectivity index (χ2n) is 5.53. The van der Waals surface area contributed by atoms with E-state index in [1.165, 1.54) is 6.20 Å². The zero-order valence-electron chi connectivity index (χ0n) is 13.4. The molecule has 0 fully saturated rings. The maximum absolute atomic E-state index is 12.2. The molecule has 7 heteroatoms. The highest BCUT2D eigenvalue weighted by Gasteiger charge is 2.10. The molecule has 0 aliphatic rings. The van der Waals surface area contributed by atoms with E-state index in [0.717, 1.165) is 16.9 Å². The average Bonchev–Trinajstić information content (AvgIpc) is 3.06. The van der Waals surface area contributed by atoms with Gasteiger partial charge in [-0.3, -0.25) is 9.78 Å². The van der Waals surface area contributed by atoms with Gasteiger partial charge < -0.3 is 5.32 Å². The fourth-order valence-electron chi connectivity index (χ4n) is 2.37. The fraction of sp³-hybridized carbons (Fsp3) is 0.0556. The third-order valence-electron chi connectivity index (χ3n) is 3.64. The lowest BCUT2D eigenvalue weighted by Gasteiger charge is -2.04. The van der Waals surface area contributed by atoms with Crippen molar-refractivity contribution >= 4 is 22.6 Å². The number of fused-ring (bicyclic) bond motifs is 1. The van der Waals surface area contributed by atoms with Crippen LogP contribution in [-0.4, -0.2) is 30.9 Å². The molecule has 7 nitrogen and oxygen atoms in total. The zero-order valence-corrected chi connectivity index (χ0v) is 13.4. The largest absolute Gasteiger partial charge is 0.321 e. The second-order valence-corrected chi connectivity index (χ2v) is 5.53. The minimum Gasteiger partial charge on any atom is -0.321 e. The van der Waals surface area contributed by atoms with Gasteiger partial charge in [-0.15, -0.1) is 10.2 Å². The SMILES string of the molecule is Cc1cnc(C(=O)Nc2ccc3nn(-c4ccccc4)nc3c2)cn1. The molecule has 25 heavy (non-hydrogen) atoms. The summed E-state index contributed by atoms with van der Waals surface area (Å²) in [7, 11) is 0. The number of amides is 1. The van der Waals surface area contributed by atoms with Crippen LogP contribution in [0.1, 0.15) is 16.2 Å². The van der Waals surface area contributed by atoms with Crippen LogP contribution in [0.25, 0.3) is 16.7 Å². The fourth-order valence-corrected chi connectivity index (χ4v) is 2.37. The number of aryl methyl sites for hydroxylation is 1. The molecule has 0 radical (unpaired) electrons. The average molecular weight is 330 g/mol. The van der Waals surface area contributed by atoms with Crippen molar-refractivity contribution in [3.63, 3.8) is 0 Å². The summed E-state index contributed by atoms with van der Waals surface area (Å²) in [6.45, 7) is 1.82. The topological polar surface area (TPSA) is 85.6 Å². The summed E-state index contributed by atoms with van der Waals surface area (Å²) in [5, 5.41) is 11.7. The van der Waals surface area contributed by atoms with Crippen LogP contribution >= 0.6 is 0 Å². The van der Waals surface area contributed by atoms with Crippen molar-refractivity contribution in [1.82, 2.24) is 25.0 Å².